The number of carbonyl (C=O) groups is 2. The average molecular weight is 190 g/mol. The molecule has 1 aromatic rings. The monoisotopic (exact) mass is 190 g/mol. The van der Waals surface area contributed by atoms with Crippen LogP contribution in [0.3, 0.4) is 0 Å². The second-order valence-corrected chi connectivity index (χ2v) is 3.54. The van der Waals surface area contributed by atoms with Gasteiger partial charge in [0.2, 0.25) is 0 Å². The van der Waals surface area contributed by atoms with Crippen molar-refractivity contribution in [3.05, 3.63) is 34.9 Å². The molecule has 0 fully saturated rings. The summed E-state index contributed by atoms with van der Waals surface area (Å²) in [6.07, 6.45) is 0.349. The SMILES string of the molecule is CC(=O)Cc1c(C)cccc1C(C)=O. The Hall–Kier alpha value is -1.44. The minimum Gasteiger partial charge on any atom is -0.300 e. The van der Waals surface area contributed by atoms with E-state index >= 15 is 0 Å². The standard InChI is InChI=1S/C12H14O2/c1-8-5-4-6-11(10(3)14)12(8)7-9(2)13/h4-6H,7H2,1-3H3. The predicted molar refractivity (Wildman–Crippen MR) is 55.6 cm³/mol. The van der Waals surface area contributed by atoms with Gasteiger partial charge in [-0.25, -0.2) is 0 Å². The normalized spacial score (nSPS) is 9.93. The maximum atomic E-state index is 11.3. The van der Waals surface area contributed by atoms with E-state index in [9.17, 15) is 9.59 Å². The molecule has 1 rings (SSSR count). The van der Waals surface area contributed by atoms with Crippen molar-refractivity contribution < 1.29 is 9.59 Å². The average Bonchev–Trinajstić information content (AvgIpc) is 2.07. The third-order valence-corrected chi connectivity index (χ3v) is 2.22. The van der Waals surface area contributed by atoms with Gasteiger partial charge in [0.15, 0.2) is 5.78 Å². The van der Waals surface area contributed by atoms with Crippen molar-refractivity contribution in [2.24, 2.45) is 0 Å². The van der Waals surface area contributed by atoms with Crippen LogP contribution in [0.5, 0.6) is 0 Å². The Bertz CT molecular complexity index is 378. The summed E-state index contributed by atoms with van der Waals surface area (Å²) in [6.45, 7) is 4.99. The molecule has 2 heteroatoms. The Morgan fingerprint density at radius 2 is 1.86 bits per heavy atom. The van der Waals surface area contributed by atoms with Crippen LogP contribution < -0.4 is 0 Å². The molecule has 0 saturated carbocycles. The highest BCUT2D eigenvalue weighted by Crippen LogP contribution is 2.15. The molecule has 0 heterocycles. The fourth-order valence-corrected chi connectivity index (χ4v) is 1.52. The van der Waals surface area contributed by atoms with Crippen LogP contribution in [0.15, 0.2) is 18.2 Å². The van der Waals surface area contributed by atoms with Gasteiger partial charge < -0.3 is 0 Å². The predicted octanol–water partition coefficient (Wildman–Crippen LogP) is 2.33. The van der Waals surface area contributed by atoms with E-state index in [1.54, 1.807) is 6.07 Å². The zero-order chi connectivity index (χ0) is 10.7. The number of hydrogen-bond donors (Lipinski definition) is 0. The van der Waals surface area contributed by atoms with Gasteiger partial charge in [0.1, 0.15) is 5.78 Å². The van der Waals surface area contributed by atoms with E-state index < -0.39 is 0 Å². The second-order valence-electron chi connectivity index (χ2n) is 3.54. The molecule has 0 saturated heterocycles. The van der Waals surface area contributed by atoms with Crippen LogP contribution >= 0.6 is 0 Å². The van der Waals surface area contributed by atoms with Gasteiger partial charge in [0.05, 0.1) is 0 Å². The quantitative estimate of drug-likeness (QED) is 0.685. The molecule has 0 N–H and O–H groups in total. The molecule has 0 aliphatic heterocycles. The fourth-order valence-electron chi connectivity index (χ4n) is 1.52. The molecule has 0 spiro atoms. The number of carbonyl (C=O) groups excluding carboxylic acids is 2. The van der Waals surface area contributed by atoms with Gasteiger partial charge in [-0.1, -0.05) is 18.2 Å². The third kappa shape index (κ3) is 2.28. The van der Waals surface area contributed by atoms with Crippen LogP contribution in [0.4, 0.5) is 0 Å². The van der Waals surface area contributed by atoms with E-state index in [2.05, 4.69) is 0 Å². The van der Waals surface area contributed by atoms with E-state index in [0.29, 0.717) is 12.0 Å². The minimum atomic E-state index is 0.0185. The van der Waals surface area contributed by atoms with Gasteiger partial charge >= 0.3 is 0 Å². The van der Waals surface area contributed by atoms with Gasteiger partial charge in [-0.05, 0) is 31.9 Å². The molecule has 0 amide bonds. The second kappa shape index (κ2) is 4.18. The van der Waals surface area contributed by atoms with Crippen LogP contribution in [0.25, 0.3) is 0 Å². The molecule has 14 heavy (non-hydrogen) atoms. The van der Waals surface area contributed by atoms with Crippen LogP contribution in [0, 0.1) is 6.92 Å². The molecule has 0 unspecified atom stereocenters. The number of hydrogen-bond acceptors (Lipinski definition) is 2. The number of benzene rings is 1. The molecule has 0 aliphatic carbocycles. The highest BCUT2D eigenvalue weighted by Gasteiger charge is 2.10. The Labute approximate surface area is 83.9 Å². The number of aryl methyl sites for hydroxylation is 1. The first-order valence-corrected chi connectivity index (χ1v) is 4.61. The van der Waals surface area contributed by atoms with E-state index in [4.69, 9.17) is 0 Å². The van der Waals surface area contributed by atoms with Crippen LogP contribution in [0.1, 0.15) is 35.3 Å². The highest BCUT2D eigenvalue weighted by molar-refractivity contribution is 5.97. The van der Waals surface area contributed by atoms with E-state index in [1.807, 2.05) is 19.1 Å². The van der Waals surface area contributed by atoms with E-state index in [1.165, 1.54) is 13.8 Å². The fraction of sp³-hybridized carbons (Fsp3) is 0.333. The summed E-state index contributed by atoms with van der Waals surface area (Å²) >= 11 is 0. The van der Waals surface area contributed by atoms with Gasteiger partial charge in [0, 0.05) is 12.0 Å². The van der Waals surface area contributed by atoms with Crippen LogP contribution in [-0.4, -0.2) is 11.6 Å². The lowest BCUT2D eigenvalue weighted by molar-refractivity contribution is -0.116. The number of rotatable bonds is 3. The van der Waals surface area contributed by atoms with Crippen LogP contribution in [0.2, 0.25) is 0 Å². The number of ketones is 2. The number of Topliss-reactive ketones (excluding diaryl/α,β-unsaturated/α-hetero) is 2. The van der Waals surface area contributed by atoms with Crippen molar-refractivity contribution in [3.8, 4) is 0 Å². The van der Waals surface area contributed by atoms with E-state index in [0.717, 1.165) is 11.1 Å². The lowest BCUT2D eigenvalue weighted by Crippen LogP contribution is -2.06. The zero-order valence-corrected chi connectivity index (χ0v) is 8.76. The Morgan fingerprint density at radius 3 is 2.36 bits per heavy atom. The summed E-state index contributed by atoms with van der Waals surface area (Å²) in [5.74, 6) is 0.103. The first kappa shape index (κ1) is 10.6. The molecular weight excluding hydrogens is 176 g/mol. The van der Waals surface area contributed by atoms with Gasteiger partial charge in [-0.2, -0.15) is 0 Å². The summed E-state index contributed by atoms with van der Waals surface area (Å²) in [5.41, 5.74) is 2.54. The van der Waals surface area contributed by atoms with Gasteiger partial charge in [-0.3, -0.25) is 9.59 Å². The maximum absolute atomic E-state index is 11.3. The summed E-state index contributed by atoms with van der Waals surface area (Å²) < 4.78 is 0. The summed E-state index contributed by atoms with van der Waals surface area (Å²) in [4.78, 5) is 22.3. The Balaban J connectivity index is 3.22. The van der Waals surface area contributed by atoms with Crippen molar-refractivity contribution in [1.82, 2.24) is 0 Å². The van der Waals surface area contributed by atoms with Crippen molar-refractivity contribution in [2.45, 2.75) is 27.2 Å². The van der Waals surface area contributed by atoms with Crippen LogP contribution in [-0.2, 0) is 11.2 Å². The Kier molecular flexibility index (Phi) is 3.18. The maximum Gasteiger partial charge on any atom is 0.160 e. The van der Waals surface area contributed by atoms with E-state index in [-0.39, 0.29) is 11.6 Å². The molecule has 74 valence electrons. The molecular formula is C12H14O2. The summed E-state index contributed by atoms with van der Waals surface area (Å²) in [5, 5.41) is 0. The molecule has 0 aliphatic rings. The first-order valence-electron chi connectivity index (χ1n) is 4.61. The molecule has 0 radical (unpaired) electrons. The lowest BCUT2D eigenvalue weighted by atomic mass is 9.95. The van der Waals surface area contributed by atoms with Gasteiger partial charge in [0.25, 0.3) is 0 Å². The smallest absolute Gasteiger partial charge is 0.160 e. The molecule has 1 aromatic carbocycles. The first-order chi connectivity index (χ1) is 6.52. The minimum absolute atomic E-state index is 0.0185. The van der Waals surface area contributed by atoms with Gasteiger partial charge in [-0.15, -0.1) is 0 Å². The lowest BCUT2D eigenvalue weighted by Gasteiger charge is -2.08. The topological polar surface area (TPSA) is 34.1 Å². The van der Waals surface area contributed by atoms with Crippen molar-refractivity contribution in [2.75, 3.05) is 0 Å². The summed E-state index contributed by atoms with van der Waals surface area (Å²) in [6, 6.07) is 5.54. The zero-order valence-electron chi connectivity index (χ0n) is 8.76. The molecule has 0 bridgehead atoms. The summed E-state index contributed by atoms with van der Waals surface area (Å²) in [7, 11) is 0. The highest BCUT2D eigenvalue weighted by atomic mass is 16.1. The third-order valence-electron chi connectivity index (χ3n) is 2.22. The van der Waals surface area contributed by atoms with Crippen molar-refractivity contribution in [1.29, 1.82) is 0 Å². The Morgan fingerprint density at radius 1 is 1.21 bits per heavy atom. The van der Waals surface area contributed by atoms with Crippen molar-refractivity contribution in [3.63, 3.8) is 0 Å². The molecule has 2 nitrogen and oxygen atoms in total. The molecule has 0 aromatic heterocycles. The van der Waals surface area contributed by atoms with Crippen molar-refractivity contribution >= 4 is 11.6 Å². The molecule has 0 atom stereocenters. The largest absolute Gasteiger partial charge is 0.300 e.